The molecule has 0 atom stereocenters. The van der Waals surface area contributed by atoms with Gasteiger partial charge < -0.3 is 10.6 Å². The molecule has 1 heterocycles. The molecule has 1 aromatic heterocycles. The second-order valence-electron chi connectivity index (χ2n) is 7.42. The van der Waals surface area contributed by atoms with Gasteiger partial charge in [-0.3, -0.25) is 14.5 Å². The highest BCUT2D eigenvalue weighted by molar-refractivity contribution is 7.09. The maximum atomic E-state index is 12.3. The molecular weight excluding hydrogens is 396 g/mol. The first-order chi connectivity index (χ1) is 14.4. The topological polar surface area (TPSA) is 74.3 Å². The van der Waals surface area contributed by atoms with Crippen LogP contribution in [0.2, 0.25) is 0 Å². The number of benzene rings is 2. The van der Waals surface area contributed by atoms with Crippen molar-refractivity contribution in [3.8, 4) is 11.3 Å². The minimum absolute atomic E-state index is 0.0115. The number of nitrogens with zero attached hydrogens (tertiary/aromatic N) is 2. The summed E-state index contributed by atoms with van der Waals surface area (Å²) >= 11 is 1.57. The Hall–Kier alpha value is -3.03. The number of carbonyl (C=O) groups is 2. The fraction of sp³-hybridized carbons (Fsp3) is 0.261. The smallest absolute Gasteiger partial charge is 0.255 e. The van der Waals surface area contributed by atoms with Crippen LogP contribution in [-0.4, -0.2) is 41.3 Å². The molecule has 0 aliphatic carbocycles. The summed E-state index contributed by atoms with van der Waals surface area (Å²) in [5.74, 6) is -0.124. The van der Waals surface area contributed by atoms with Crippen LogP contribution in [0.25, 0.3) is 11.3 Å². The largest absolute Gasteiger partial charge is 0.353 e. The van der Waals surface area contributed by atoms with Crippen LogP contribution >= 0.6 is 11.3 Å². The van der Waals surface area contributed by atoms with Crippen molar-refractivity contribution in [1.29, 1.82) is 0 Å². The zero-order valence-electron chi connectivity index (χ0n) is 17.4. The maximum Gasteiger partial charge on any atom is 0.255 e. The summed E-state index contributed by atoms with van der Waals surface area (Å²) in [6.45, 7) is 4.84. The van der Waals surface area contributed by atoms with Crippen molar-refractivity contribution < 1.29 is 9.59 Å². The Balaban J connectivity index is 1.57. The number of anilines is 1. The van der Waals surface area contributed by atoms with E-state index in [0.29, 0.717) is 18.7 Å². The van der Waals surface area contributed by atoms with Crippen molar-refractivity contribution in [3.05, 3.63) is 70.5 Å². The van der Waals surface area contributed by atoms with Gasteiger partial charge in [-0.05, 0) is 45.2 Å². The molecule has 6 nitrogen and oxygen atoms in total. The molecule has 2 aromatic carbocycles. The first-order valence-electron chi connectivity index (χ1n) is 9.80. The molecule has 3 rings (SSSR count). The third kappa shape index (κ3) is 6.23. The van der Waals surface area contributed by atoms with Crippen LogP contribution in [0.3, 0.4) is 0 Å². The normalized spacial score (nSPS) is 11.0. The standard InChI is InChI=1S/C23H26N4O2S/c1-16(2)24-21(28)13-27(3)14-22-26-20(15-30-22)17-9-11-19(12-10-17)25-23(29)18-7-5-4-6-8-18/h4-12,15-16H,13-14H2,1-3H3,(H,24,28)(H,25,29). The fourth-order valence-electron chi connectivity index (χ4n) is 2.93. The van der Waals surface area contributed by atoms with Crippen molar-refractivity contribution in [2.45, 2.75) is 26.4 Å². The maximum absolute atomic E-state index is 12.3. The van der Waals surface area contributed by atoms with Gasteiger partial charge in [0.05, 0.1) is 18.8 Å². The summed E-state index contributed by atoms with van der Waals surface area (Å²) in [6.07, 6.45) is 0. The molecule has 0 fully saturated rings. The van der Waals surface area contributed by atoms with Gasteiger partial charge in [0.1, 0.15) is 5.01 Å². The van der Waals surface area contributed by atoms with Gasteiger partial charge in [-0.2, -0.15) is 0 Å². The third-order valence-corrected chi connectivity index (χ3v) is 5.13. The zero-order chi connectivity index (χ0) is 21.5. The molecule has 0 unspecified atom stereocenters. The predicted molar refractivity (Wildman–Crippen MR) is 122 cm³/mol. The lowest BCUT2D eigenvalue weighted by molar-refractivity contribution is -0.122. The molecule has 0 bridgehead atoms. The van der Waals surface area contributed by atoms with Crippen molar-refractivity contribution in [2.24, 2.45) is 0 Å². The zero-order valence-corrected chi connectivity index (χ0v) is 18.2. The van der Waals surface area contributed by atoms with Crippen LogP contribution in [0.1, 0.15) is 29.2 Å². The second kappa shape index (κ2) is 10.1. The predicted octanol–water partition coefficient (Wildman–Crippen LogP) is 4.02. The monoisotopic (exact) mass is 422 g/mol. The highest BCUT2D eigenvalue weighted by atomic mass is 32.1. The van der Waals surface area contributed by atoms with E-state index < -0.39 is 0 Å². The van der Waals surface area contributed by atoms with E-state index in [2.05, 4.69) is 15.6 Å². The number of hydrogen-bond donors (Lipinski definition) is 2. The number of hydrogen-bond acceptors (Lipinski definition) is 5. The summed E-state index contributed by atoms with van der Waals surface area (Å²) in [7, 11) is 1.91. The SMILES string of the molecule is CC(C)NC(=O)CN(C)Cc1nc(-c2ccc(NC(=O)c3ccccc3)cc2)cs1. The summed E-state index contributed by atoms with van der Waals surface area (Å²) in [5.41, 5.74) is 3.22. The number of amides is 2. The van der Waals surface area contributed by atoms with Gasteiger partial charge in [0.25, 0.3) is 5.91 Å². The molecule has 0 spiro atoms. The first-order valence-corrected chi connectivity index (χ1v) is 10.7. The molecule has 3 aromatic rings. The van der Waals surface area contributed by atoms with E-state index in [0.717, 1.165) is 22.0 Å². The average molecular weight is 423 g/mol. The van der Waals surface area contributed by atoms with Crippen LogP contribution in [0, 0.1) is 0 Å². The number of nitrogens with one attached hydrogen (secondary N) is 2. The third-order valence-electron chi connectivity index (χ3n) is 4.29. The average Bonchev–Trinajstić information content (AvgIpc) is 3.16. The van der Waals surface area contributed by atoms with E-state index in [1.165, 1.54) is 0 Å². The summed E-state index contributed by atoms with van der Waals surface area (Å²) in [5, 5.41) is 8.75. The number of aromatic nitrogens is 1. The summed E-state index contributed by atoms with van der Waals surface area (Å²) < 4.78 is 0. The van der Waals surface area contributed by atoms with E-state index in [9.17, 15) is 9.59 Å². The lowest BCUT2D eigenvalue weighted by Crippen LogP contribution is -2.38. The molecule has 0 aliphatic rings. The molecule has 0 radical (unpaired) electrons. The highest BCUT2D eigenvalue weighted by Gasteiger charge is 2.11. The van der Waals surface area contributed by atoms with Crippen LogP contribution in [0.4, 0.5) is 5.69 Å². The van der Waals surface area contributed by atoms with E-state index in [-0.39, 0.29) is 17.9 Å². The molecule has 2 N–H and O–H groups in total. The summed E-state index contributed by atoms with van der Waals surface area (Å²) in [6, 6.07) is 16.9. The molecule has 0 saturated heterocycles. The number of rotatable bonds is 8. The van der Waals surface area contributed by atoms with Gasteiger partial charge >= 0.3 is 0 Å². The van der Waals surface area contributed by atoms with Gasteiger partial charge in [-0.15, -0.1) is 11.3 Å². The van der Waals surface area contributed by atoms with Crippen molar-refractivity contribution in [2.75, 3.05) is 18.9 Å². The molecule has 2 amide bonds. The Morgan fingerprint density at radius 2 is 1.77 bits per heavy atom. The van der Waals surface area contributed by atoms with Crippen LogP contribution in [0.5, 0.6) is 0 Å². The quantitative estimate of drug-likeness (QED) is 0.575. The minimum Gasteiger partial charge on any atom is -0.353 e. The van der Waals surface area contributed by atoms with E-state index in [1.54, 1.807) is 23.5 Å². The Kier molecular flexibility index (Phi) is 7.32. The van der Waals surface area contributed by atoms with E-state index in [1.807, 2.05) is 73.6 Å². The molecule has 30 heavy (non-hydrogen) atoms. The number of thiazole rings is 1. The van der Waals surface area contributed by atoms with Gasteiger partial charge in [0.15, 0.2) is 0 Å². The van der Waals surface area contributed by atoms with E-state index in [4.69, 9.17) is 0 Å². The first kappa shape index (κ1) is 21.7. The summed E-state index contributed by atoms with van der Waals surface area (Å²) in [4.78, 5) is 30.8. The Labute approximate surface area is 181 Å². The van der Waals surface area contributed by atoms with Gasteiger partial charge in [-0.1, -0.05) is 30.3 Å². The molecule has 7 heteroatoms. The molecule has 156 valence electrons. The Bertz CT molecular complexity index is 984. The lowest BCUT2D eigenvalue weighted by atomic mass is 10.1. The number of carbonyl (C=O) groups excluding carboxylic acids is 2. The second-order valence-corrected chi connectivity index (χ2v) is 8.36. The highest BCUT2D eigenvalue weighted by Crippen LogP contribution is 2.24. The van der Waals surface area contributed by atoms with Crippen LogP contribution in [0.15, 0.2) is 60.0 Å². The Morgan fingerprint density at radius 3 is 2.43 bits per heavy atom. The van der Waals surface area contributed by atoms with Gasteiger partial charge in [-0.25, -0.2) is 4.98 Å². The van der Waals surface area contributed by atoms with Crippen molar-refractivity contribution in [3.63, 3.8) is 0 Å². The lowest BCUT2D eigenvalue weighted by Gasteiger charge is -2.16. The molecule has 0 saturated carbocycles. The van der Waals surface area contributed by atoms with Crippen LogP contribution < -0.4 is 10.6 Å². The van der Waals surface area contributed by atoms with Crippen molar-refractivity contribution >= 4 is 28.8 Å². The molecule has 0 aliphatic heterocycles. The fourth-order valence-corrected chi connectivity index (χ4v) is 3.82. The Morgan fingerprint density at radius 1 is 1.07 bits per heavy atom. The van der Waals surface area contributed by atoms with Crippen LogP contribution in [-0.2, 0) is 11.3 Å². The van der Waals surface area contributed by atoms with Crippen molar-refractivity contribution in [1.82, 2.24) is 15.2 Å². The minimum atomic E-state index is -0.135. The van der Waals surface area contributed by atoms with E-state index >= 15 is 0 Å². The molecular formula is C23H26N4O2S. The van der Waals surface area contributed by atoms with Gasteiger partial charge in [0.2, 0.25) is 5.91 Å². The van der Waals surface area contributed by atoms with Gasteiger partial charge in [0, 0.05) is 28.2 Å². The number of likely N-dealkylation sites (N-methyl/N-ethyl adjacent to an activating group) is 1.